The van der Waals surface area contributed by atoms with E-state index >= 15 is 0 Å². The van der Waals surface area contributed by atoms with Crippen LogP contribution in [0, 0.1) is 5.92 Å². The molecule has 0 saturated heterocycles. The first-order valence-electron chi connectivity index (χ1n) is 8.16. The van der Waals surface area contributed by atoms with Crippen LogP contribution in [0.3, 0.4) is 0 Å². The van der Waals surface area contributed by atoms with Crippen molar-refractivity contribution < 1.29 is 108 Å². The smallest absolute Gasteiger partial charge is 1.00 e. The van der Waals surface area contributed by atoms with Crippen LogP contribution in [0.25, 0.3) is 0 Å². The van der Waals surface area contributed by atoms with E-state index in [-0.39, 0.29) is 31.0 Å². The molecule has 0 aliphatic carbocycles. The molecule has 8 atom stereocenters. The van der Waals surface area contributed by atoms with E-state index < -0.39 is 95.4 Å². The average Bonchev–Trinajstić information content (AvgIpc) is 2.65. The number of carboxylic acid groups (broad SMARTS) is 2. The fourth-order valence-corrected chi connectivity index (χ4v) is 3.85. The zero-order valence-corrected chi connectivity index (χ0v) is 19.1. The van der Waals surface area contributed by atoms with Gasteiger partial charge in [-0.15, -0.1) is 0 Å². The van der Waals surface area contributed by atoms with Crippen LogP contribution in [0.15, 0.2) is 0 Å². The molecule has 0 saturated carbocycles. The first-order valence-corrected chi connectivity index (χ1v) is 9.60. The Balaban J connectivity index is -0.00000480. The Morgan fingerprint density at radius 1 is 0.758 bits per heavy atom. The molecular weight excluding hydrogens is 525 g/mol. The minimum Gasteiger partial charge on any atom is -1.00 e. The van der Waals surface area contributed by atoms with E-state index in [4.69, 9.17) is 10.2 Å². The molecule has 0 heterocycles. The second kappa shape index (κ2) is 13.3. The van der Waals surface area contributed by atoms with Gasteiger partial charge in [0.25, 0.3) is 23.0 Å². The number of carboxylic acids is 2. The number of hydrogen-bond donors (Lipinski definition) is 3. The van der Waals surface area contributed by atoms with Crippen LogP contribution in [0.5, 0.6) is 0 Å². The fraction of sp³-hybridized carbons (Fsp3) is 0.857. The van der Waals surface area contributed by atoms with Gasteiger partial charge in [0.05, 0.1) is 5.92 Å². The Hall–Kier alpha value is -0.850. The number of aliphatic carboxylic acids is 2. The van der Waals surface area contributed by atoms with Crippen molar-refractivity contribution in [2.75, 3.05) is 0 Å². The van der Waals surface area contributed by atoms with E-state index in [1.165, 1.54) is 0 Å². The van der Waals surface area contributed by atoms with E-state index in [0.717, 1.165) is 0 Å². The number of halogens is 10. The minimum absolute atomic E-state index is 0. The van der Waals surface area contributed by atoms with Gasteiger partial charge in [0.15, 0.2) is 24.7 Å². The predicted octanol–water partition coefficient (Wildman–Crippen LogP) is -0.146. The zero-order chi connectivity index (χ0) is 25.8. The summed E-state index contributed by atoms with van der Waals surface area (Å²) in [5, 5.41) is 18.2. The van der Waals surface area contributed by atoms with Crippen LogP contribution in [0.1, 0.15) is 14.3 Å². The molecule has 0 amide bonds. The molecule has 0 aromatic carbocycles. The summed E-state index contributed by atoms with van der Waals surface area (Å²) in [4.78, 5) is 22.9. The normalized spacial score (nSPS) is 20.6. The third-order valence-electron chi connectivity index (χ3n) is 4.42. The van der Waals surface area contributed by atoms with Crippen LogP contribution < -0.4 is 29.6 Å². The van der Waals surface area contributed by atoms with Gasteiger partial charge >= 0.3 is 41.5 Å². The van der Waals surface area contributed by atoms with Crippen molar-refractivity contribution in [1.29, 1.82) is 0 Å². The number of alkyl halides is 10. The second-order valence-electron chi connectivity index (χ2n) is 6.48. The Bertz CT molecular complexity index is 767. The van der Waals surface area contributed by atoms with Crippen molar-refractivity contribution >= 4 is 22.1 Å². The molecule has 0 aromatic heterocycles. The van der Waals surface area contributed by atoms with Crippen LogP contribution >= 0.6 is 0 Å². The maximum atomic E-state index is 14.0. The molecule has 0 spiro atoms. The third-order valence-corrected chi connectivity index (χ3v) is 5.97. The van der Waals surface area contributed by atoms with Gasteiger partial charge in [-0.3, -0.25) is 14.1 Å². The standard InChI is InChI=1S/C14H16F10O7S.Na.H/c15-4(6(17)8(19)10(21)22)1-3(12(25)26)14(13(27)28,32(29,30)31)2-5(16)7(18)9(20)11(23)24;;/h3-11H,1-2H2,(H,25,26)(H,27,28)(H,29,30,31);;/q;+1;-1. The first kappa shape index (κ1) is 34.3. The van der Waals surface area contributed by atoms with E-state index in [2.05, 4.69) is 0 Å². The van der Waals surface area contributed by atoms with Crippen LogP contribution in [0.4, 0.5) is 43.9 Å². The predicted molar refractivity (Wildman–Crippen MR) is 84.8 cm³/mol. The van der Waals surface area contributed by atoms with E-state index in [1.807, 2.05) is 0 Å². The van der Waals surface area contributed by atoms with E-state index in [1.54, 1.807) is 0 Å². The summed E-state index contributed by atoms with van der Waals surface area (Å²) in [6.45, 7) is 0. The molecule has 19 heteroatoms. The van der Waals surface area contributed by atoms with E-state index in [9.17, 15) is 66.5 Å². The summed E-state index contributed by atoms with van der Waals surface area (Å²) in [7, 11) is -6.48. The maximum Gasteiger partial charge on any atom is 1.00 e. The summed E-state index contributed by atoms with van der Waals surface area (Å²) in [6, 6.07) is 0. The third kappa shape index (κ3) is 8.10. The maximum absolute atomic E-state index is 14.0. The molecule has 3 N–H and O–H groups in total. The molecule has 0 fully saturated rings. The summed E-state index contributed by atoms with van der Waals surface area (Å²) < 4.78 is 158. The van der Waals surface area contributed by atoms with Crippen molar-refractivity contribution in [3.8, 4) is 0 Å². The van der Waals surface area contributed by atoms with Gasteiger partial charge in [-0.25, -0.2) is 43.9 Å². The molecule has 0 bridgehead atoms. The van der Waals surface area contributed by atoms with Gasteiger partial charge in [0.2, 0.25) is 4.75 Å². The van der Waals surface area contributed by atoms with Gasteiger partial charge in [0, 0.05) is 6.42 Å². The summed E-state index contributed by atoms with van der Waals surface area (Å²) >= 11 is 0. The van der Waals surface area contributed by atoms with Crippen molar-refractivity contribution in [3.05, 3.63) is 0 Å². The molecular formula is C14H17F10NaO7S. The number of carbonyl (C=O) groups is 2. The van der Waals surface area contributed by atoms with Gasteiger partial charge in [0.1, 0.15) is 12.3 Å². The average molecular weight is 542 g/mol. The summed E-state index contributed by atoms with van der Waals surface area (Å²) in [5.41, 5.74) is 0. The Morgan fingerprint density at radius 3 is 1.39 bits per heavy atom. The molecule has 0 aliphatic heterocycles. The molecule has 0 radical (unpaired) electrons. The monoisotopic (exact) mass is 542 g/mol. The SMILES string of the molecule is O=C(O)C(CC(F)C(F)C(F)C(F)F)C(CC(F)C(F)C(F)C(F)F)(C(=O)O)S(=O)(=O)O.[H-].[Na+]. The van der Waals surface area contributed by atoms with Crippen molar-refractivity contribution in [1.82, 2.24) is 0 Å². The Morgan fingerprint density at radius 2 is 1.12 bits per heavy atom. The van der Waals surface area contributed by atoms with Gasteiger partial charge in [-0.2, -0.15) is 8.42 Å². The molecule has 8 unspecified atom stereocenters. The molecule has 7 nitrogen and oxygen atoms in total. The van der Waals surface area contributed by atoms with Gasteiger partial charge < -0.3 is 11.6 Å². The van der Waals surface area contributed by atoms with Crippen molar-refractivity contribution in [2.45, 2.75) is 67.5 Å². The molecule has 33 heavy (non-hydrogen) atoms. The van der Waals surface area contributed by atoms with Crippen molar-refractivity contribution in [2.24, 2.45) is 5.92 Å². The summed E-state index contributed by atoms with van der Waals surface area (Å²) in [5.74, 6) is -9.33. The quantitative estimate of drug-likeness (QED) is 0.158. The van der Waals surface area contributed by atoms with Crippen LogP contribution in [-0.2, 0) is 19.7 Å². The Kier molecular flexibility index (Phi) is 13.8. The van der Waals surface area contributed by atoms with Crippen molar-refractivity contribution in [3.63, 3.8) is 0 Å². The van der Waals surface area contributed by atoms with Gasteiger partial charge in [-0.05, 0) is 6.42 Å². The second-order valence-corrected chi connectivity index (χ2v) is 8.16. The van der Waals surface area contributed by atoms with Crippen LogP contribution in [-0.4, -0.2) is 89.8 Å². The fourth-order valence-electron chi connectivity index (χ4n) is 2.70. The molecule has 0 rings (SSSR count). The Labute approximate surface area is 203 Å². The molecule has 0 aliphatic rings. The van der Waals surface area contributed by atoms with Gasteiger partial charge in [-0.1, -0.05) is 0 Å². The molecule has 0 aromatic rings. The number of hydrogen-bond acceptors (Lipinski definition) is 4. The zero-order valence-electron chi connectivity index (χ0n) is 17.3. The largest absolute Gasteiger partial charge is 1.00 e. The minimum atomic E-state index is -6.48. The van der Waals surface area contributed by atoms with E-state index in [0.29, 0.717) is 0 Å². The van der Waals surface area contributed by atoms with Crippen LogP contribution in [0.2, 0.25) is 0 Å². The first-order chi connectivity index (χ1) is 14.3. The number of rotatable bonds is 14. The molecule has 192 valence electrons. The summed E-state index contributed by atoms with van der Waals surface area (Å²) in [6.07, 6.45) is -36.6. The topological polar surface area (TPSA) is 129 Å².